The molecule has 0 spiro atoms. The summed E-state index contributed by atoms with van der Waals surface area (Å²) in [6, 6.07) is 15.1. The zero-order valence-electron chi connectivity index (χ0n) is 9.72. The molecule has 0 saturated carbocycles. The molecule has 0 fully saturated rings. The molecule has 1 aromatic heterocycles. The summed E-state index contributed by atoms with van der Waals surface area (Å²) >= 11 is 11.6. The first-order valence-corrected chi connectivity index (χ1v) is 6.40. The van der Waals surface area contributed by atoms with Crippen molar-refractivity contribution in [3.63, 3.8) is 0 Å². The molecule has 0 radical (unpaired) electrons. The molecule has 1 N–H and O–H groups in total. The lowest BCUT2D eigenvalue weighted by Crippen LogP contribution is -1.94. The summed E-state index contributed by atoms with van der Waals surface area (Å²) in [5, 5.41) is 9.73. The van der Waals surface area contributed by atoms with E-state index in [1.807, 2.05) is 41.0 Å². The standard InChI is InChI=1S/C14H8ClN3S/c15-10-5-1-2-6-11(10)18-12-7-3-4-9(8-16)13(12)17-14(18)19/h1-7H,(H,17,19). The van der Waals surface area contributed by atoms with Gasteiger partial charge in [-0.3, -0.25) is 4.57 Å². The first-order chi connectivity index (χ1) is 9.22. The lowest BCUT2D eigenvalue weighted by Gasteiger charge is -2.06. The van der Waals surface area contributed by atoms with E-state index < -0.39 is 0 Å². The van der Waals surface area contributed by atoms with E-state index in [1.54, 1.807) is 6.07 Å². The number of benzene rings is 2. The van der Waals surface area contributed by atoms with Gasteiger partial charge in [0.15, 0.2) is 4.77 Å². The van der Waals surface area contributed by atoms with Gasteiger partial charge in [-0.2, -0.15) is 5.26 Å². The zero-order chi connectivity index (χ0) is 13.4. The SMILES string of the molecule is N#Cc1cccc2c1[nH]c(=S)n2-c1ccccc1Cl. The van der Waals surface area contributed by atoms with Crippen LogP contribution in [0, 0.1) is 16.1 Å². The van der Waals surface area contributed by atoms with E-state index in [0.29, 0.717) is 15.4 Å². The van der Waals surface area contributed by atoms with Crippen LogP contribution in [0.5, 0.6) is 0 Å². The number of H-pyrrole nitrogens is 1. The molecular weight excluding hydrogens is 278 g/mol. The van der Waals surface area contributed by atoms with Crippen molar-refractivity contribution in [3.8, 4) is 11.8 Å². The molecule has 1 heterocycles. The minimum absolute atomic E-state index is 0.519. The number of imidazole rings is 1. The van der Waals surface area contributed by atoms with E-state index in [4.69, 9.17) is 29.1 Å². The van der Waals surface area contributed by atoms with Gasteiger partial charge in [0.2, 0.25) is 0 Å². The molecule has 3 nitrogen and oxygen atoms in total. The predicted octanol–water partition coefficient (Wildman–Crippen LogP) is 4.21. The van der Waals surface area contributed by atoms with Gasteiger partial charge in [-0.05, 0) is 36.5 Å². The number of hydrogen-bond donors (Lipinski definition) is 1. The third-order valence-electron chi connectivity index (χ3n) is 2.93. The zero-order valence-corrected chi connectivity index (χ0v) is 11.3. The van der Waals surface area contributed by atoms with Crippen LogP contribution in [0.2, 0.25) is 5.02 Å². The summed E-state index contributed by atoms with van der Waals surface area (Å²) in [6.45, 7) is 0. The van der Waals surface area contributed by atoms with Gasteiger partial charge in [-0.1, -0.05) is 29.8 Å². The van der Waals surface area contributed by atoms with E-state index in [-0.39, 0.29) is 0 Å². The van der Waals surface area contributed by atoms with Crippen molar-refractivity contribution < 1.29 is 0 Å². The largest absolute Gasteiger partial charge is 0.329 e. The Hall–Kier alpha value is -2.09. The molecule has 5 heteroatoms. The second-order valence-electron chi connectivity index (χ2n) is 4.03. The molecule has 0 aliphatic heterocycles. The van der Waals surface area contributed by atoms with Crippen molar-refractivity contribution in [2.24, 2.45) is 0 Å². The lowest BCUT2D eigenvalue weighted by atomic mass is 10.2. The first kappa shape index (κ1) is 12.0. The van der Waals surface area contributed by atoms with Crippen LogP contribution in [-0.2, 0) is 0 Å². The van der Waals surface area contributed by atoms with Crippen LogP contribution in [0.25, 0.3) is 16.7 Å². The maximum absolute atomic E-state index is 9.12. The summed E-state index contributed by atoms with van der Waals surface area (Å²) in [5.74, 6) is 0. The Balaban J connectivity index is 2.44. The van der Waals surface area contributed by atoms with Gasteiger partial charge in [-0.25, -0.2) is 0 Å². The summed E-state index contributed by atoms with van der Waals surface area (Å²) in [5.41, 5.74) is 2.94. The Labute approximate surface area is 119 Å². The molecule has 19 heavy (non-hydrogen) atoms. The lowest BCUT2D eigenvalue weighted by molar-refractivity contribution is 1.07. The number of nitriles is 1. The van der Waals surface area contributed by atoms with Gasteiger partial charge in [0.25, 0.3) is 0 Å². The molecule has 0 atom stereocenters. The van der Waals surface area contributed by atoms with Crippen LogP contribution < -0.4 is 0 Å². The molecule has 2 aromatic carbocycles. The van der Waals surface area contributed by atoms with Crippen molar-refractivity contribution in [2.45, 2.75) is 0 Å². The van der Waals surface area contributed by atoms with Crippen LogP contribution in [0.15, 0.2) is 42.5 Å². The molecule has 3 aromatic rings. The van der Waals surface area contributed by atoms with Crippen molar-refractivity contribution in [1.29, 1.82) is 5.26 Å². The van der Waals surface area contributed by atoms with E-state index in [1.165, 1.54) is 0 Å². The Kier molecular flexibility index (Phi) is 2.86. The number of nitrogens with zero attached hydrogens (tertiary/aromatic N) is 2. The number of fused-ring (bicyclic) bond motifs is 1. The number of halogens is 1. The molecular formula is C14H8ClN3S. The molecule has 3 rings (SSSR count). The maximum atomic E-state index is 9.12. The Bertz CT molecular complexity index is 870. The van der Waals surface area contributed by atoms with Gasteiger partial charge >= 0.3 is 0 Å². The summed E-state index contributed by atoms with van der Waals surface area (Å²) < 4.78 is 2.36. The number of para-hydroxylation sites is 2. The quantitative estimate of drug-likeness (QED) is 0.681. The topological polar surface area (TPSA) is 44.5 Å². The highest BCUT2D eigenvalue weighted by Crippen LogP contribution is 2.26. The molecule has 0 bridgehead atoms. The van der Waals surface area contributed by atoms with Crippen LogP contribution in [0.3, 0.4) is 0 Å². The van der Waals surface area contributed by atoms with Gasteiger partial charge in [-0.15, -0.1) is 0 Å². The molecule has 0 aliphatic rings. The number of aromatic nitrogens is 2. The summed E-state index contributed by atoms with van der Waals surface area (Å²) in [7, 11) is 0. The molecule has 92 valence electrons. The number of nitrogens with one attached hydrogen (secondary N) is 1. The third kappa shape index (κ3) is 1.84. The monoisotopic (exact) mass is 285 g/mol. The second-order valence-corrected chi connectivity index (χ2v) is 4.82. The highest BCUT2D eigenvalue weighted by atomic mass is 35.5. The minimum atomic E-state index is 0.519. The average molecular weight is 286 g/mol. The van der Waals surface area contributed by atoms with Gasteiger partial charge in [0.1, 0.15) is 6.07 Å². The van der Waals surface area contributed by atoms with Crippen LogP contribution in [-0.4, -0.2) is 9.55 Å². The molecule has 0 aliphatic carbocycles. The molecule has 0 amide bonds. The van der Waals surface area contributed by atoms with Crippen LogP contribution >= 0.6 is 23.8 Å². The summed E-state index contributed by atoms with van der Waals surface area (Å²) in [4.78, 5) is 3.07. The fraction of sp³-hybridized carbons (Fsp3) is 0. The smallest absolute Gasteiger partial charge is 0.182 e. The van der Waals surface area contributed by atoms with Crippen molar-refractivity contribution >= 4 is 34.9 Å². The van der Waals surface area contributed by atoms with E-state index in [9.17, 15) is 0 Å². The number of aromatic amines is 1. The van der Waals surface area contributed by atoms with Crippen LogP contribution in [0.4, 0.5) is 0 Å². The van der Waals surface area contributed by atoms with E-state index >= 15 is 0 Å². The van der Waals surface area contributed by atoms with Crippen LogP contribution in [0.1, 0.15) is 5.56 Å². The highest BCUT2D eigenvalue weighted by molar-refractivity contribution is 7.71. The van der Waals surface area contributed by atoms with E-state index in [2.05, 4.69) is 11.1 Å². The van der Waals surface area contributed by atoms with Gasteiger partial charge < -0.3 is 4.98 Å². The number of rotatable bonds is 1. The van der Waals surface area contributed by atoms with E-state index in [0.717, 1.165) is 16.7 Å². The third-order valence-corrected chi connectivity index (χ3v) is 3.54. The molecule has 0 unspecified atom stereocenters. The minimum Gasteiger partial charge on any atom is -0.329 e. The van der Waals surface area contributed by atoms with Gasteiger partial charge in [0.05, 0.1) is 27.3 Å². The Morgan fingerprint density at radius 3 is 2.68 bits per heavy atom. The average Bonchev–Trinajstić information content (AvgIpc) is 2.75. The Morgan fingerprint density at radius 2 is 1.95 bits per heavy atom. The fourth-order valence-corrected chi connectivity index (χ4v) is 2.61. The normalized spacial score (nSPS) is 10.5. The van der Waals surface area contributed by atoms with Crippen molar-refractivity contribution in [2.75, 3.05) is 0 Å². The number of hydrogen-bond acceptors (Lipinski definition) is 2. The highest BCUT2D eigenvalue weighted by Gasteiger charge is 2.11. The predicted molar refractivity (Wildman–Crippen MR) is 78.2 cm³/mol. The second kappa shape index (κ2) is 4.54. The van der Waals surface area contributed by atoms with Crippen molar-refractivity contribution in [3.05, 3.63) is 57.8 Å². The first-order valence-electron chi connectivity index (χ1n) is 5.61. The molecule has 0 saturated heterocycles. The Morgan fingerprint density at radius 1 is 1.16 bits per heavy atom. The van der Waals surface area contributed by atoms with Gasteiger partial charge in [0, 0.05) is 0 Å². The maximum Gasteiger partial charge on any atom is 0.182 e. The summed E-state index contributed by atoms with van der Waals surface area (Å²) in [6.07, 6.45) is 0. The fourth-order valence-electron chi connectivity index (χ4n) is 2.10. The van der Waals surface area contributed by atoms with Crippen molar-refractivity contribution in [1.82, 2.24) is 9.55 Å².